The van der Waals surface area contributed by atoms with Crippen molar-refractivity contribution in [3.05, 3.63) is 30.3 Å². The Bertz CT molecular complexity index is 379. The van der Waals surface area contributed by atoms with Crippen molar-refractivity contribution in [2.24, 2.45) is 0 Å². The molecule has 1 rings (SSSR count). The maximum absolute atomic E-state index is 5.89. The van der Waals surface area contributed by atoms with E-state index < -0.39 is 5.69 Å². The average Bonchev–Trinajstić information content (AvgIpc) is 2.40. The molecule has 1 aromatic rings. The van der Waals surface area contributed by atoms with Gasteiger partial charge in [0.05, 0.1) is 13.2 Å². The first-order valence-electron chi connectivity index (χ1n) is 6.84. The number of hydrogen-bond donors (Lipinski definition) is 0. The van der Waals surface area contributed by atoms with E-state index in [0.717, 1.165) is 30.6 Å². The molecule has 0 amide bonds. The van der Waals surface area contributed by atoms with E-state index in [1.165, 1.54) is 0 Å². The Morgan fingerprint density at radius 2 is 1.48 bits per heavy atom. The third-order valence-corrected chi connectivity index (χ3v) is 7.40. The van der Waals surface area contributed by atoms with Gasteiger partial charge < -0.3 is 22.5 Å². The summed E-state index contributed by atoms with van der Waals surface area (Å²) >= 11 is 7.21. The molecule has 0 atom stereocenters. The molecule has 0 N–H and O–H groups in total. The molecule has 21 heavy (non-hydrogen) atoms. The second kappa shape index (κ2) is 14.7. The third-order valence-electron chi connectivity index (χ3n) is 2.46. The van der Waals surface area contributed by atoms with Gasteiger partial charge in [0.25, 0.3) is 5.69 Å². The summed E-state index contributed by atoms with van der Waals surface area (Å²) in [5.41, 5.74) is -2.25. The molecule has 0 aliphatic carbocycles. The van der Waals surface area contributed by atoms with Crippen LogP contribution in [-0.2, 0) is 53.8 Å². The van der Waals surface area contributed by atoms with Crippen molar-refractivity contribution in [1.29, 1.82) is 0 Å². The molecule has 0 aliphatic heterocycles. The fourth-order valence-corrected chi connectivity index (χ4v) is 5.89. The third kappa shape index (κ3) is 11.3. The Morgan fingerprint density at radius 1 is 1.00 bits per heavy atom. The van der Waals surface area contributed by atoms with Crippen molar-refractivity contribution in [3.8, 4) is 0 Å². The topological polar surface area (TPSA) is 18.5 Å². The van der Waals surface area contributed by atoms with Gasteiger partial charge in [0.1, 0.15) is 0 Å². The summed E-state index contributed by atoms with van der Waals surface area (Å²) in [6.45, 7) is 5.68. The van der Waals surface area contributed by atoms with E-state index in [-0.39, 0.29) is 33.0 Å². The van der Waals surface area contributed by atoms with Gasteiger partial charge in [0, 0.05) is 4.90 Å². The van der Waals surface area contributed by atoms with Crippen molar-refractivity contribution in [2.45, 2.75) is 44.4 Å². The van der Waals surface area contributed by atoms with Gasteiger partial charge in [-0.25, -0.2) is 0 Å². The standard InChI is InChI=1S/C14H23O2PS2.S.Zn/c1-3-5-12-15-17(18,16-13-6-4-2)19-14-10-8-7-9-11-14;;/h7-11H,3-6,12-13H2,1-2H3;;/q;-2;+2. The first kappa shape index (κ1) is 24.4. The molecule has 0 saturated carbocycles. The minimum atomic E-state index is -2.25. The Hall–Kier alpha value is 1.11. The summed E-state index contributed by atoms with van der Waals surface area (Å²) in [6.07, 6.45) is 4.29. The SMILES string of the molecule is CCCCOP(=S)(OCCCC)Sc1ccccc1.[S-2].[Zn+2]. The Labute approximate surface area is 158 Å². The summed E-state index contributed by atoms with van der Waals surface area (Å²) in [5, 5.41) is 0. The van der Waals surface area contributed by atoms with Gasteiger partial charge in [0.15, 0.2) is 0 Å². The zero-order chi connectivity index (χ0) is 14.0. The van der Waals surface area contributed by atoms with Crippen LogP contribution in [-0.4, -0.2) is 13.2 Å². The summed E-state index contributed by atoms with van der Waals surface area (Å²) in [7, 11) is 0. The minimum absolute atomic E-state index is 0. The first-order valence-corrected chi connectivity index (χ1v) is 10.9. The van der Waals surface area contributed by atoms with Gasteiger partial charge in [-0.2, -0.15) is 0 Å². The van der Waals surface area contributed by atoms with Crippen LogP contribution in [0.1, 0.15) is 39.5 Å². The number of unbranched alkanes of at least 4 members (excludes halogenated alkanes) is 2. The molecular weight excluding hydrogens is 393 g/mol. The predicted octanol–water partition coefficient (Wildman–Crippen LogP) is 5.63. The van der Waals surface area contributed by atoms with Crippen molar-refractivity contribution < 1.29 is 28.5 Å². The van der Waals surface area contributed by atoms with E-state index in [1.54, 1.807) is 11.4 Å². The fraction of sp³-hybridized carbons (Fsp3) is 0.571. The molecule has 0 saturated heterocycles. The largest absolute Gasteiger partial charge is 2.00 e. The maximum Gasteiger partial charge on any atom is 2.00 e. The molecular formula is C14H23O2PS3Zn. The molecule has 0 radical (unpaired) electrons. The smallest absolute Gasteiger partial charge is 2.00 e. The van der Waals surface area contributed by atoms with Crippen molar-refractivity contribution in [1.82, 2.24) is 0 Å². The van der Waals surface area contributed by atoms with Crippen LogP contribution in [0.4, 0.5) is 0 Å². The van der Waals surface area contributed by atoms with Crippen LogP contribution in [0, 0.1) is 0 Å². The fourth-order valence-electron chi connectivity index (χ4n) is 1.34. The van der Waals surface area contributed by atoms with Crippen molar-refractivity contribution >= 4 is 42.4 Å². The van der Waals surface area contributed by atoms with E-state index in [0.29, 0.717) is 13.2 Å². The Morgan fingerprint density at radius 3 is 1.90 bits per heavy atom. The van der Waals surface area contributed by atoms with Gasteiger partial charge in [-0.1, -0.05) is 44.9 Å². The van der Waals surface area contributed by atoms with Crippen LogP contribution < -0.4 is 0 Å². The summed E-state index contributed by atoms with van der Waals surface area (Å²) in [5.74, 6) is 0. The van der Waals surface area contributed by atoms with Gasteiger partial charge in [0.2, 0.25) is 0 Å². The van der Waals surface area contributed by atoms with Gasteiger partial charge in [-0.05, 0) is 48.2 Å². The zero-order valence-electron chi connectivity index (χ0n) is 12.8. The summed E-state index contributed by atoms with van der Waals surface area (Å²) < 4.78 is 11.8. The minimum Gasteiger partial charge on any atom is -2.00 e. The van der Waals surface area contributed by atoms with Crippen molar-refractivity contribution in [3.63, 3.8) is 0 Å². The van der Waals surface area contributed by atoms with Crippen LogP contribution in [0.5, 0.6) is 0 Å². The number of benzene rings is 1. The monoisotopic (exact) mass is 414 g/mol. The van der Waals surface area contributed by atoms with E-state index >= 15 is 0 Å². The van der Waals surface area contributed by atoms with Crippen LogP contribution in [0.3, 0.4) is 0 Å². The van der Waals surface area contributed by atoms with Gasteiger partial charge >= 0.3 is 19.5 Å². The number of rotatable bonds is 10. The molecule has 116 valence electrons. The van der Waals surface area contributed by atoms with Crippen LogP contribution >= 0.6 is 17.1 Å². The van der Waals surface area contributed by atoms with Crippen LogP contribution in [0.25, 0.3) is 0 Å². The van der Waals surface area contributed by atoms with Crippen LogP contribution in [0.15, 0.2) is 35.2 Å². The van der Waals surface area contributed by atoms with Crippen molar-refractivity contribution in [2.75, 3.05) is 13.2 Å². The van der Waals surface area contributed by atoms with E-state index in [4.69, 9.17) is 20.9 Å². The average molecular weight is 416 g/mol. The molecule has 0 unspecified atom stereocenters. The molecule has 0 aromatic heterocycles. The molecule has 0 bridgehead atoms. The summed E-state index contributed by atoms with van der Waals surface area (Å²) in [6, 6.07) is 10.1. The quantitative estimate of drug-likeness (QED) is 0.280. The zero-order valence-corrected chi connectivity index (χ0v) is 19.1. The Balaban J connectivity index is 0. The Kier molecular flexibility index (Phi) is 17.0. The van der Waals surface area contributed by atoms with E-state index in [2.05, 4.69) is 26.0 Å². The molecule has 0 aliphatic rings. The first-order chi connectivity index (χ1) is 9.20. The normalized spacial score (nSPS) is 10.6. The van der Waals surface area contributed by atoms with Crippen LogP contribution in [0.2, 0.25) is 0 Å². The van der Waals surface area contributed by atoms with E-state index in [9.17, 15) is 0 Å². The molecule has 0 spiro atoms. The molecule has 2 nitrogen and oxygen atoms in total. The second-order valence-electron chi connectivity index (χ2n) is 4.23. The summed E-state index contributed by atoms with van der Waals surface area (Å²) in [4.78, 5) is 1.12. The predicted molar refractivity (Wildman–Crippen MR) is 95.7 cm³/mol. The van der Waals surface area contributed by atoms with Gasteiger partial charge in [-0.15, -0.1) is 0 Å². The second-order valence-corrected chi connectivity index (χ2v) is 10.4. The molecule has 1 aromatic carbocycles. The number of hydrogen-bond acceptors (Lipinski definition) is 4. The van der Waals surface area contributed by atoms with E-state index in [1.807, 2.05) is 18.2 Å². The molecule has 0 fully saturated rings. The maximum atomic E-state index is 5.89. The molecule has 7 heteroatoms. The molecule has 0 heterocycles. The van der Waals surface area contributed by atoms with Gasteiger partial charge in [-0.3, -0.25) is 0 Å².